The van der Waals surface area contributed by atoms with E-state index >= 15 is 0 Å². The second kappa shape index (κ2) is 4.75. The van der Waals surface area contributed by atoms with Crippen LogP contribution in [0.25, 0.3) is 0 Å². The van der Waals surface area contributed by atoms with E-state index in [9.17, 15) is 13.2 Å². The first-order chi connectivity index (χ1) is 6.49. The number of hydrogen-bond acceptors (Lipinski definition) is 3. The van der Waals surface area contributed by atoms with E-state index in [1.54, 1.807) is 0 Å². The van der Waals surface area contributed by atoms with Crippen LogP contribution < -0.4 is 10.5 Å². The Morgan fingerprint density at radius 2 is 2.07 bits per heavy atom. The van der Waals surface area contributed by atoms with E-state index in [-0.39, 0.29) is 17.6 Å². The summed E-state index contributed by atoms with van der Waals surface area (Å²) < 4.78 is 21.1. The van der Waals surface area contributed by atoms with Crippen molar-refractivity contribution in [3.05, 3.63) is 0 Å². The molecular formula is C8H16N2O3S. The maximum absolute atomic E-state index is 11.3. The quantitative estimate of drug-likeness (QED) is 0.617. The summed E-state index contributed by atoms with van der Waals surface area (Å²) in [5.41, 5.74) is 0. The van der Waals surface area contributed by atoms with Gasteiger partial charge in [0.25, 0.3) is 0 Å². The molecule has 1 fully saturated rings. The van der Waals surface area contributed by atoms with Crippen molar-refractivity contribution in [2.75, 3.05) is 12.3 Å². The third-order valence-electron chi connectivity index (χ3n) is 2.38. The van der Waals surface area contributed by atoms with E-state index in [4.69, 9.17) is 5.14 Å². The molecule has 1 aliphatic rings. The summed E-state index contributed by atoms with van der Waals surface area (Å²) in [5, 5.41) is 7.51. The summed E-state index contributed by atoms with van der Waals surface area (Å²) in [6.45, 7) is 0.395. The normalized spacial score (nSPS) is 17.5. The fourth-order valence-corrected chi connectivity index (χ4v) is 1.85. The zero-order valence-electron chi connectivity index (χ0n) is 8.03. The molecule has 1 saturated carbocycles. The molecule has 3 N–H and O–H groups in total. The average Bonchev–Trinajstić information content (AvgIpc) is 1.92. The lowest BCUT2D eigenvalue weighted by atomic mass is 9.85. The Kier molecular flexibility index (Phi) is 3.88. The molecule has 0 heterocycles. The van der Waals surface area contributed by atoms with Gasteiger partial charge < -0.3 is 5.32 Å². The first-order valence-electron chi connectivity index (χ1n) is 4.77. The highest BCUT2D eigenvalue weighted by molar-refractivity contribution is 7.89. The SMILES string of the molecule is NS(=O)(=O)CCCNC(=O)C1CCC1. The van der Waals surface area contributed by atoms with Crippen molar-refractivity contribution in [2.45, 2.75) is 25.7 Å². The molecule has 0 aliphatic heterocycles. The van der Waals surface area contributed by atoms with Crippen molar-refractivity contribution < 1.29 is 13.2 Å². The smallest absolute Gasteiger partial charge is 0.223 e. The van der Waals surface area contributed by atoms with Crippen LogP contribution in [0.4, 0.5) is 0 Å². The number of carbonyl (C=O) groups is 1. The number of primary sulfonamides is 1. The molecule has 0 aromatic heterocycles. The Labute approximate surface area is 84.1 Å². The highest BCUT2D eigenvalue weighted by atomic mass is 32.2. The van der Waals surface area contributed by atoms with Crippen molar-refractivity contribution >= 4 is 15.9 Å². The van der Waals surface area contributed by atoms with E-state index in [0.29, 0.717) is 13.0 Å². The minimum Gasteiger partial charge on any atom is -0.356 e. The van der Waals surface area contributed by atoms with Crippen LogP contribution in [0, 0.1) is 5.92 Å². The Morgan fingerprint density at radius 1 is 1.43 bits per heavy atom. The molecule has 14 heavy (non-hydrogen) atoms. The van der Waals surface area contributed by atoms with Crippen molar-refractivity contribution in [1.29, 1.82) is 0 Å². The number of carbonyl (C=O) groups excluding carboxylic acids is 1. The summed E-state index contributed by atoms with van der Waals surface area (Å²) in [6.07, 6.45) is 3.43. The molecule has 0 radical (unpaired) electrons. The zero-order valence-corrected chi connectivity index (χ0v) is 8.85. The molecule has 0 unspecified atom stereocenters. The van der Waals surface area contributed by atoms with Crippen LogP contribution in [0.5, 0.6) is 0 Å². The minimum atomic E-state index is -3.39. The fourth-order valence-electron chi connectivity index (χ4n) is 1.30. The molecule has 0 aromatic rings. The largest absolute Gasteiger partial charge is 0.356 e. The van der Waals surface area contributed by atoms with Gasteiger partial charge in [-0.3, -0.25) is 4.79 Å². The summed E-state index contributed by atoms with van der Waals surface area (Å²) in [7, 11) is -3.39. The Hall–Kier alpha value is -0.620. The van der Waals surface area contributed by atoms with Gasteiger partial charge in [0.15, 0.2) is 0 Å². The zero-order chi connectivity index (χ0) is 10.6. The third-order valence-corrected chi connectivity index (χ3v) is 3.24. The predicted molar refractivity (Wildman–Crippen MR) is 52.9 cm³/mol. The van der Waals surface area contributed by atoms with Crippen molar-refractivity contribution in [2.24, 2.45) is 11.1 Å². The number of rotatable bonds is 5. The molecule has 1 rings (SSSR count). The molecule has 0 aromatic carbocycles. The first-order valence-corrected chi connectivity index (χ1v) is 6.49. The highest BCUT2D eigenvalue weighted by Gasteiger charge is 2.24. The van der Waals surface area contributed by atoms with Gasteiger partial charge in [-0.1, -0.05) is 6.42 Å². The van der Waals surface area contributed by atoms with Gasteiger partial charge in [-0.15, -0.1) is 0 Å². The lowest BCUT2D eigenvalue weighted by molar-refractivity contribution is -0.127. The monoisotopic (exact) mass is 220 g/mol. The van der Waals surface area contributed by atoms with Crippen LogP contribution in [0.3, 0.4) is 0 Å². The van der Waals surface area contributed by atoms with Crippen LogP contribution in [-0.2, 0) is 14.8 Å². The summed E-state index contributed by atoms with van der Waals surface area (Å²) in [6, 6.07) is 0. The molecule has 0 spiro atoms. The van der Waals surface area contributed by atoms with Crippen molar-refractivity contribution in [3.8, 4) is 0 Å². The van der Waals surface area contributed by atoms with Crippen molar-refractivity contribution in [1.82, 2.24) is 5.32 Å². The Bertz CT molecular complexity index is 296. The lowest BCUT2D eigenvalue weighted by Gasteiger charge is -2.23. The van der Waals surface area contributed by atoms with Crippen LogP contribution in [0.2, 0.25) is 0 Å². The molecule has 82 valence electrons. The molecule has 5 nitrogen and oxygen atoms in total. The fraction of sp³-hybridized carbons (Fsp3) is 0.875. The second-order valence-corrected chi connectivity index (χ2v) is 5.37. The molecule has 0 bridgehead atoms. The van der Waals surface area contributed by atoms with Gasteiger partial charge in [0.2, 0.25) is 15.9 Å². The van der Waals surface area contributed by atoms with Gasteiger partial charge in [-0.25, -0.2) is 13.6 Å². The average molecular weight is 220 g/mol. The number of sulfonamides is 1. The maximum atomic E-state index is 11.3. The lowest BCUT2D eigenvalue weighted by Crippen LogP contribution is -2.35. The molecule has 1 amide bonds. The predicted octanol–water partition coefficient (Wildman–Crippen LogP) is -0.419. The minimum absolute atomic E-state index is 0.0469. The topological polar surface area (TPSA) is 89.3 Å². The number of amides is 1. The second-order valence-electron chi connectivity index (χ2n) is 3.64. The van der Waals surface area contributed by atoms with Gasteiger partial charge >= 0.3 is 0 Å². The Balaban J connectivity index is 2.06. The van der Waals surface area contributed by atoms with Gasteiger partial charge in [-0.2, -0.15) is 0 Å². The van der Waals surface area contributed by atoms with Gasteiger partial charge in [0.1, 0.15) is 0 Å². The van der Waals surface area contributed by atoms with E-state index in [2.05, 4.69) is 5.32 Å². The number of hydrogen-bond donors (Lipinski definition) is 2. The van der Waals surface area contributed by atoms with Crippen LogP contribution in [0.15, 0.2) is 0 Å². The molecule has 0 saturated heterocycles. The van der Waals surface area contributed by atoms with Gasteiger partial charge in [0.05, 0.1) is 5.75 Å². The summed E-state index contributed by atoms with van der Waals surface area (Å²) in [5.74, 6) is 0.132. The van der Waals surface area contributed by atoms with E-state index in [0.717, 1.165) is 19.3 Å². The van der Waals surface area contributed by atoms with Gasteiger partial charge in [-0.05, 0) is 19.3 Å². The highest BCUT2D eigenvalue weighted by Crippen LogP contribution is 2.25. The number of nitrogens with two attached hydrogens (primary N) is 1. The molecule has 1 aliphatic carbocycles. The van der Waals surface area contributed by atoms with E-state index in [1.807, 2.05) is 0 Å². The Morgan fingerprint density at radius 3 is 2.50 bits per heavy atom. The summed E-state index contributed by atoms with van der Waals surface area (Å²) in [4.78, 5) is 11.3. The first kappa shape index (κ1) is 11.5. The molecule has 0 atom stereocenters. The summed E-state index contributed by atoms with van der Waals surface area (Å²) >= 11 is 0. The van der Waals surface area contributed by atoms with E-state index in [1.165, 1.54) is 0 Å². The maximum Gasteiger partial charge on any atom is 0.223 e. The van der Waals surface area contributed by atoms with Crippen LogP contribution >= 0.6 is 0 Å². The standard InChI is InChI=1S/C8H16N2O3S/c9-14(12,13)6-2-5-10-8(11)7-3-1-4-7/h7H,1-6H2,(H,10,11)(H2,9,12,13). The molecular weight excluding hydrogens is 204 g/mol. The number of nitrogens with one attached hydrogen (secondary N) is 1. The third kappa shape index (κ3) is 4.06. The van der Waals surface area contributed by atoms with Crippen LogP contribution in [0.1, 0.15) is 25.7 Å². The van der Waals surface area contributed by atoms with Crippen molar-refractivity contribution in [3.63, 3.8) is 0 Å². The van der Waals surface area contributed by atoms with Crippen LogP contribution in [-0.4, -0.2) is 26.6 Å². The van der Waals surface area contributed by atoms with Gasteiger partial charge in [0, 0.05) is 12.5 Å². The van der Waals surface area contributed by atoms with E-state index < -0.39 is 10.0 Å². The molecule has 6 heteroatoms.